The molecule has 0 aliphatic carbocycles. The Morgan fingerprint density at radius 2 is 1.97 bits per heavy atom. The third-order valence-corrected chi connectivity index (χ3v) is 5.10. The average molecular weight is 388 g/mol. The van der Waals surface area contributed by atoms with E-state index in [1.54, 1.807) is 11.0 Å². The van der Waals surface area contributed by atoms with Crippen molar-refractivity contribution in [2.24, 2.45) is 0 Å². The van der Waals surface area contributed by atoms with Crippen molar-refractivity contribution in [2.45, 2.75) is 33.4 Å². The van der Waals surface area contributed by atoms with E-state index in [-0.39, 0.29) is 6.03 Å². The Bertz CT molecular complexity index is 973. The number of hydrogen-bond acceptors (Lipinski definition) is 1. The molecule has 1 aromatic heterocycles. The number of aromatic nitrogens is 1. The molecule has 2 aromatic carbocycles. The molecule has 3 aromatic rings. The number of rotatable bonds is 8. The van der Waals surface area contributed by atoms with Gasteiger partial charge < -0.3 is 14.8 Å². The van der Waals surface area contributed by atoms with Gasteiger partial charge in [-0.15, -0.1) is 6.58 Å². The van der Waals surface area contributed by atoms with Crippen molar-refractivity contribution in [3.63, 3.8) is 0 Å². The van der Waals surface area contributed by atoms with Gasteiger partial charge in [0.2, 0.25) is 0 Å². The van der Waals surface area contributed by atoms with Gasteiger partial charge in [-0.2, -0.15) is 0 Å². The summed E-state index contributed by atoms with van der Waals surface area (Å²) >= 11 is 0. The molecule has 4 nitrogen and oxygen atoms in total. The number of urea groups is 1. The number of amides is 2. The number of hydrogen-bond donors (Lipinski definition) is 1. The summed E-state index contributed by atoms with van der Waals surface area (Å²) in [4.78, 5) is 14.7. The van der Waals surface area contributed by atoms with Gasteiger partial charge in [-0.1, -0.05) is 49.4 Å². The highest BCUT2D eigenvalue weighted by Crippen LogP contribution is 2.16. The molecule has 0 aliphatic heterocycles. The first-order valence-corrected chi connectivity index (χ1v) is 10.0. The van der Waals surface area contributed by atoms with Crippen molar-refractivity contribution in [2.75, 3.05) is 11.9 Å². The van der Waals surface area contributed by atoms with Crippen LogP contribution in [-0.2, 0) is 19.5 Å². The molecular weight excluding hydrogens is 358 g/mol. The molecule has 3 rings (SSSR count). The van der Waals surface area contributed by atoms with Crippen LogP contribution in [0.25, 0.3) is 0 Å². The van der Waals surface area contributed by atoms with Crippen LogP contribution in [0, 0.1) is 6.92 Å². The Morgan fingerprint density at radius 3 is 2.72 bits per heavy atom. The van der Waals surface area contributed by atoms with Crippen molar-refractivity contribution >= 4 is 11.7 Å². The lowest BCUT2D eigenvalue weighted by molar-refractivity contribution is 0.214. The van der Waals surface area contributed by atoms with Gasteiger partial charge in [-0.05, 0) is 54.3 Å². The molecule has 0 radical (unpaired) electrons. The maximum absolute atomic E-state index is 12.9. The number of benzene rings is 2. The molecule has 4 heteroatoms. The molecule has 0 saturated heterocycles. The highest BCUT2D eigenvalue weighted by atomic mass is 16.2. The minimum Gasteiger partial charge on any atom is -0.345 e. The summed E-state index contributed by atoms with van der Waals surface area (Å²) in [6, 6.07) is 20.3. The van der Waals surface area contributed by atoms with E-state index in [9.17, 15) is 4.79 Å². The predicted octanol–water partition coefficient (Wildman–Crippen LogP) is 5.63. The van der Waals surface area contributed by atoms with Crippen molar-refractivity contribution in [3.05, 3.63) is 102 Å². The Hall–Kier alpha value is -3.27. The van der Waals surface area contributed by atoms with Crippen molar-refractivity contribution < 1.29 is 4.79 Å². The minimum atomic E-state index is -0.123. The van der Waals surface area contributed by atoms with E-state index in [2.05, 4.69) is 72.9 Å². The smallest absolute Gasteiger partial charge is 0.322 e. The van der Waals surface area contributed by atoms with Crippen LogP contribution in [0.1, 0.15) is 29.3 Å². The van der Waals surface area contributed by atoms with E-state index in [4.69, 9.17) is 0 Å². The molecule has 0 spiro atoms. The highest BCUT2D eigenvalue weighted by molar-refractivity contribution is 5.89. The van der Waals surface area contributed by atoms with Gasteiger partial charge in [-0.3, -0.25) is 0 Å². The topological polar surface area (TPSA) is 37.3 Å². The summed E-state index contributed by atoms with van der Waals surface area (Å²) in [6.45, 7) is 9.84. The van der Waals surface area contributed by atoms with Crippen LogP contribution in [0.5, 0.6) is 0 Å². The molecule has 0 bridgehead atoms. The van der Waals surface area contributed by atoms with Gasteiger partial charge in [0.25, 0.3) is 0 Å². The van der Waals surface area contributed by atoms with Gasteiger partial charge >= 0.3 is 6.03 Å². The number of nitrogens with zero attached hydrogens (tertiary/aromatic N) is 2. The van der Waals surface area contributed by atoms with Crippen LogP contribution in [0.4, 0.5) is 10.5 Å². The maximum atomic E-state index is 12.9. The summed E-state index contributed by atoms with van der Waals surface area (Å²) in [7, 11) is 0. The van der Waals surface area contributed by atoms with Gasteiger partial charge in [0.05, 0.1) is 6.54 Å². The first kappa shape index (κ1) is 20.5. The third-order valence-electron chi connectivity index (χ3n) is 5.10. The largest absolute Gasteiger partial charge is 0.345 e. The quantitative estimate of drug-likeness (QED) is 0.500. The molecular formula is C25H29N3O. The van der Waals surface area contributed by atoms with Crippen molar-refractivity contribution in [1.29, 1.82) is 0 Å². The van der Waals surface area contributed by atoms with Crippen LogP contribution in [0.3, 0.4) is 0 Å². The zero-order chi connectivity index (χ0) is 20.6. The van der Waals surface area contributed by atoms with E-state index in [0.717, 1.165) is 24.3 Å². The maximum Gasteiger partial charge on any atom is 0.322 e. The highest BCUT2D eigenvalue weighted by Gasteiger charge is 2.15. The monoisotopic (exact) mass is 387 g/mol. The predicted molar refractivity (Wildman–Crippen MR) is 120 cm³/mol. The number of carbonyl (C=O) groups excluding carboxylic acids is 1. The van der Waals surface area contributed by atoms with Gasteiger partial charge in [0.1, 0.15) is 0 Å². The van der Waals surface area contributed by atoms with E-state index in [1.165, 1.54) is 16.7 Å². The number of nitrogens with one attached hydrogen (secondary N) is 1. The number of anilines is 1. The summed E-state index contributed by atoms with van der Waals surface area (Å²) < 4.78 is 2.20. The second kappa shape index (κ2) is 9.78. The molecule has 0 saturated carbocycles. The summed E-state index contributed by atoms with van der Waals surface area (Å²) in [5, 5.41) is 3.02. The Balaban J connectivity index is 1.74. The van der Waals surface area contributed by atoms with Crippen LogP contribution in [0.2, 0.25) is 0 Å². The Morgan fingerprint density at radius 1 is 1.14 bits per heavy atom. The lowest BCUT2D eigenvalue weighted by Gasteiger charge is -2.23. The third kappa shape index (κ3) is 5.38. The second-order valence-corrected chi connectivity index (χ2v) is 7.21. The average Bonchev–Trinajstić information content (AvgIpc) is 3.16. The minimum absolute atomic E-state index is 0.123. The van der Waals surface area contributed by atoms with Crippen LogP contribution >= 0.6 is 0 Å². The molecule has 0 fully saturated rings. The zero-order valence-electron chi connectivity index (χ0n) is 17.3. The summed E-state index contributed by atoms with van der Waals surface area (Å²) in [5.41, 5.74) is 5.65. The lowest BCUT2D eigenvalue weighted by Crippen LogP contribution is -2.35. The van der Waals surface area contributed by atoms with E-state index >= 15 is 0 Å². The van der Waals surface area contributed by atoms with Crippen molar-refractivity contribution in [1.82, 2.24) is 9.47 Å². The molecule has 2 amide bonds. The Labute approximate surface area is 173 Å². The molecule has 150 valence electrons. The fraction of sp³-hybridized carbons (Fsp3) is 0.240. The van der Waals surface area contributed by atoms with E-state index < -0.39 is 0 Å². The zero-order valence-corrected chi connectivity index (χ0v) is 17.3. The molecule has 1 N–H and O–H groups in total. The van der Waals surface area contributed by atoms with Crippen LogP contribution in [0.15, 0.2) is 79.5 Å². The second-order valence-electron chi connectivity index (χ2n) is 7.21. The van der Waals surface area contributed by atoms with Gasteiger partial charge in [-0.25, -0.2) is 4.79 Å². The number of carbonyl (C=O) groups is 1. The van der Waals surface area contributed by atoms with Crippen molar-refractivity contribution in [3.8, 4) is 0 Å². The first-order valence-electron chi connectivity index (χ1n) is 10.0. The molecule has 1 heterocycles. The fourth-order valence-electron chi connectivity index (χ4n) is 3.36. The Kier molecular flexibility index (Phi) is 6.90. The van der Waals surface area contributed by atoms with Gasteiger partial charge in [0, 0.05) is 30.7 Å². The first-order chi connectivity index (χ1) is 14.1. The summed E-state index contributed by atoms with van der Waals surface area (Å²) in [5.74, 6) is 0. The number of aryl methyl sites for hydroxylation is 2. The molecule has 0 unspecified atom stereocenters. The van der Waals surface area contributed by atoms with E-state index in [1.807, 2.05) is 24.3 Å². The van der Waals surface area contributed by atoms with Crippen LogP contribution < -0.4 is 5.32 Å². The molecule has 0 atom stereocenters. The van der Waals surface area contributed by atoms with Gasteiger partial charge in [0.15, 0.2) is 0 Å². The molecule has 29 heavy (non-hydrogen) atoms. The fourth-order valence-corrected chi connectivity index (χ4v) is 3.36. The lowest BCUT2D eigenvalue weighted by atomic mass is 10.1. The molecule has 0 aliphatic rings. The normalized spacial score (nSPS) is 10.6. The standard InChI is InChI=1S/C25H29N3O/c1-4-15-28(25(29)26-23-13-8-11-21(5-2)17-23)19-24-14-9-16-27(24)18-22-12-7-6-10-20(22)3/h4,6-14,16-17H,1,5,15,18-19H2,2-3H3,(H,26,29). The summed E-state index contributed by atoms with van der Waals surface area (Å²) in [6.07, 6.45) is 4.76. The van der Waals surface area contributed by atoms with E-state index in [0.29, 0.717) is 13.1 Å². The van der Waals surface area contributed by atoms with Crippen LogP contribution in [-0.4, -0.2) is 22.0 Å². The SMILES string of the molecule is C=CCN(Cc1cccn1Cc1ccccc1C)C(=O)Nc1cccc(CC)c1.